The number of aromatic nitrogens is 4. The van der Waals surface area contributed by atoms with Gasteiger partial charge >= 0.3 is 0 Å². The van der Waals surface area contributed by atoms with Crippen molar-refractivity contribution in [2.45, 2.75) is 20.3 Å². The summed E-state index contributed by atoms with van der Waals surface area (Å²) >= 11 is 0. The monoisotopic (exact) mass is 314 g/mol. The van der Waals surface area contributed by atoms with Crippen molar-refractivity contribution in [3.05, 3.63) is 29.8 Å². The van der Waals surface area contributed by atoms with Gasteiger partial charge < -0.3 is 14.5 Å². The van der Waals surface area contributed by atoms with Crippen molar-refractivity contribution in [1.82, 2.24) is 19.9 Å². The first-order valence-electron chi connectivity index (χ1n) is 7.85. The summed E-state index contributed by atoms with van der Waals surface area (Å²) in [5.74, 6) is 3.14. The predicted octanol–water partition coefficient (Wildman–Crippen LogP) is 1.61. The topological polar surface area (TPSA) is 67.3 Å². The molecule has 3 heterocycles. The third-order valence-electron chi connectivity index (χ3n) is 3.88. The van der Waals surface area contributed by atoms with Crippen LogP contribution in [0.4, 0.5) is 11.8 Å². The molecule has 1 fully saturated rings. The van der Waals surface area contributed by atoms with Gasteiger partial charge in [-0.25, -0.2) is 15.0 Å². The van der Waals surface area contributed by atoms with Crippen molar-refractivity contribution in [3.63, 3.8) is 0 Å². The van der Waals surface area contributed by atoms with Gasteiger partial charge in [0.2, 0.25) is 11.8 Å². The zero-order chi connectivity index (χ0) is 16.2. The van der Waals surface area contributed by atoms with Gasteiger partial charge in [-0.05, 0) is 20.3 Å². The lowest BCUT2D eigenvalue weighted by Gasteiger charge is -2.23. The Labute approximate surface area is 136 Å². The molecule has 0 unspecified atom stereocenters. The Balaban J connectivity index is 1.74. The summed E-state index contributed by atoms with van der Waals surface area (Å²) in [5.41, 5.74) is 1.00. The molecule has 0 amide bonds. The fourth-order valence-electron chi connectivity index (χ4n) is 2.80. The standard InChI is InChI=1S/C16H22N6O/c1-12-11-14(19-13(2)18-12)21-7-4-8-22(10-9-21)16-17-6-5-15(20-16)23-3/h5-6,11H,4,7-10H2,1-3H3. The lowest BCUT2D eigenvalue weighted by molar-refractivity contribution is 0.396. The van der Waals surface area contributed by atoms with E-state index in [1.165, 1.54) is 0 Å². The Hall–Kier alpha value is -2.44. The molecular formula is C16H22N6O. The first-order valence-corrected chi connectivity index (χ1v) is 7.85. The van der Waals surface area contributed by atoms with Crippen molar-refractivity contribution >= 4 is 11.8 Å². The molecule has 0 spiro atoms. The summed E-state index contributed by atoms with van der Waals surface area (Å²) in [6.45, 7) is 7.58. The Bertz CT molecular complexity index is 657. The van der Waals surface area contributed by atoms with Crippen LogP contribution in [0.3, 0.4) is 0 Å². The SMILES string of the molecule is COc1ccnc(N2CCCN(c3cc(C)nc(C)n3)CC2)n1. The number of hydrogen-bond acceptors (Lipinski definition) is 7. The van der Waals surface area contributed by atoms with Crippen LogP contribution in [0, 0.1) is 13.8 Å². The average Bonchev–Trinajstić information content (AvgIpc) is 2.80. The molecule has 0 radical (unpaired) electrons. The molecule has 23 heavy (non-hydrogen) atoms. The van der Waals surface area contributed by atoms with Gasteiger partial charge in [-0.1, -0.05) is 0 Å². The molecule has 7 nitrogen and oxygen atoms in total. The van der Waals surface area contributed by atoms with Crippen LogP contribution in [-0.2, 0) is 0 Å². The zero-order valence-corrected chi connectivity index (χ0v) is 13.9. The second-order valence-corrected chi connectivity index (χ2v) is 5.64. The van der Waals surface area contributed by atoms with Crippen LogP contribution in [0.2, 0.25) is 0 Å². The highest BCUT2D eigenvalue weighted by Gasteiger charge is 2.18. The van der Waals surface area contributed by atoms with Gasteiger partial charge in [-0.3, -0.25) is 0 Å². The van der Waals surface area contributed by atoms with E-state index in [0.717, 1.165) is 55.9 Å². The van der Waals surface area contributed by atoms with Gasteiger partial charge in [0, 0.05) is 50.2 Å². The Morgan fingerprint density at radius 1 is 1.00 bits per heavy atom. The first kappa shape index (κ1) is 15.5. The van der Waals surface area contributed by atoms with Crippen molar-refractivity contribution in [3.8, 4) is 5.88 Å². The number of aryl methyl sites for hydroxylation is 2. The van der Waals surface area contributed by atoms with Crippen molar-refractivity contribution in [2.75, 3.05) is 43.1 Å². The molecular weight excluding hydrogens is 292 g/mol. The minimum atomic E-state index is 0.596. The average molecular weight is 314 g/mol. The van der Waals surface area contributed by atoms with E-state index >= 15 is 0 Å². The van der Waals surface area contributed by atoms with Gasteiger partial charge in [0.05, 0.1) is 7.11 Å². The number of nitrogens with zero attached hydrogens (tertiary/aromatic N) is 6. The van der Waals surface area contributed by atoms with E-state index in [2.05, 4.69) is 29.7 Å². The van der Waals surface area contributed by atoms with Crippen LogP contribution >= 0.6 is 0 Å². The van der Waals surface area contributed by atoms with Crippen LogP contribution < -0.4 is 14.5 Å². The van der Waals surface area contributed by atoms with Gasteiger partial charge in [0.25, 0.3) is 0 Å². The van der Waals surface area contributed by atoms with E-state index in [9.17, 15) is 0 Å². The van der Waals surface area contributed by atoms with E-state index in [1.807, 2.05) is 19.9 Å². The molecule has 122 valence electrons. The second-order valence-electron chi connectivity index (χ2n) is 5.64. The lowest BCUT2D eigenvalue weighted by atomic mass is 10.3. The summed E-state index contributed by atoms with van der Waals surface area (Å²) < 4.78 is 5.19. The quantitative estimate of drug-likeness (QED) is 0.852. The molecule has 7 heteroatoms. The Morgan fingerprint density at radius 3 is 2.57 bits per heavy atom. The second kappa shape index (κ2) is 6.76. The molecule has 1 saturated heterocycles. The lowest BCUT2D eigenvalue weighted by Crippen LogP contribution is -2.32. The molecule has 0 N–H and O–H groups in total. The highest BCUT2D eigenvalue weighted by Crippen LogP contribution is 2.18. The smallest absolute Gasteiger partial charge is 0.228 e. The minimum absolute atomic E-state index is 0.596. The maximum atomic E-state index is 5.19. The molecule has 0 bridgehead atoms. The normalized spacial score (nSPS) is 15.4. The number of hydrogen-bond donors (Lipinski definition) is 0. The van der Waals surface area contributed by atoms with Crippen LogP contribution in [-0.4, -0.2) is 53.2 Å². The third kappa shape index (κ3) is 3.67. The molecule has 2 aromatic rings. The van der Waals surface area contributed by atoms with Crippen LogP contribution in [0.25, 0.3) is 0 Å². The van der Waals surface area contributed by atoms with E-state index in [-0.39, 0.29) is 0 Å². The summed E-state index contributed by atoms with van der Waals surface area (Å²) in [6, 6.07) is 3.81. The molecule has 0 aliphatic carbocycles. The van der Waals surface area contributed by atoms with Gasteiger partial charge in [-0.2, -0.15) is 4.98 Å². The summed E-state index contributed by atoms with van der Waals surface area (Å²) in [7, 11) is 1.62. The van der Waals surface area contributed by atoms with Crippen molar-refractivity contribution < 1.29 is 4.74 Å². The van der Waals surface area contributed by atoms with E-state index in [0.29, 0.717) is 5.88 Å². The van der Waals surface area contributed by atoms with Crippen LogP contribution in [0.5, 0.6) is 5.88 Å². The Morgan fingerprint density at radius 2 is 1.78 bits per heavy atom. The number of methoxy groups -OCH3 is 1. The first-order chi connectivity index (χ1) is 11.2. The zero-order valence-electron chi connectivity index (χ0n) is 13.9. The summed E-state index contributed by atoms with van der Waals surface area (Å²) in [6.07, 6.45) is 2.77. The Kier molecular flexibility index (Phi) is 4.55. The van der Waals surface area contributed by atoms with Crippen molar-refractivity contribution in [2.24, 2.45) is 0 Å². The van der Waals surface area contributed by atoms with Gasteiger partial charge in [0.15, 0.2) is 0 Å². The molecule has 0 saturated carbocycles. The summed E-state index contributed by atoms with van der Waals surface area (Å²) in [5, 5.41) is 0. The summed E-state index contributed by atoms with van der Waals surface area (Å²) in [4.78, 5) is 22.2. The molecule has 1 aliphatic heterocycles. The van der Waals surface area contributed by atoms with Crippen molar-refractivity contribution in [1.29, 1.82) is 0 Å². The fourth-order valence-corrected chi connectivity index (χ4v) is 2.80. The molecule has 0 aromatic carbocycles. The van der Waals surface area contributed by atoms with E-state index < -0.39 is 0 Å². The molecule has 3 rings (SSSR count). The maximum Gasteiger partial charge on any atom is 0.228 e. The van der Waals surface area contributed by atoms with Crippen LogP contribution in [0.1, 0.15) is 17.9 Å². The highest BCUT2D eigenvalue weighted by atomic mass is 16.5. The fraction of sp³-hybridized carbons (Fsp3) is 0.500. The van der Waals surface area contributed by atoms with E-state index in [4.69, 9.17) is 4.74 Å². The predicted molar refractivity (Wildman–Crippen MR) is 89.1 cm³/mol. The largest absolute Gasteiger partial charge is 0.481 e. The van der Waals surface area contributed by atoms with Gasteiger partial charge in [-0.15, -0.1) is 0 Å². The highest BCUT2D eigenvalue weighted by molar-refractivity contribution is 5.41. The van der Waals surface area contributed by atoms with E-state index in [1.54, 1.807) is 19.4 Å². The van der Waals surface area contributed by atoms with Gasteiger partial charge in [0.1, 0.15) is 11.6 Å². The number of rotatable bonds is 3. The molecule has 1 aliphatic rings. The molecule has 2 aromatic heterocycles. The van der Waals surface area contributed by atoms with Crippen LogP contribution in [0.15, 0.2) is 18.3 Å². The number of ether oxygens (including phenoxy) is 1. The molecule has 0 atom stereocenters. The minimum Gasteiger partial charge on any atom is -0.481 e. The maximum absolute atomic E-state index is 5.19. The number of anilines is 2. The third-order valence-corrected chi connectivity index (χ3v) is 3.88.